The fourth-order valence-corrected chi connectivity index (χ4v) is 3.95. The Morgan fingerprint density at radius 3 is 3.00 bits per heavy atom. The van der Waals surface area contributed by atoms with Crippen molar-refractivity contribution in [1.29, 1.82) is 5.26 Å². The summed E-state index contributed by atoms with van der Waals surface area (Å²) in [5.41, 5.74) is -0.147. The Kier molecular flexibility index (Phi) is 5.06. The number of nitrogens with zero attached hydrogens (tertiary/aromatic N) is 4. The summed E-state index contributed by atoms with van der Waals surface area (Å²) in [6.45, 7) is 1.74. The fraction of sp³-hybridized carbons (Fsp3) is 0.316. The molecule has 2 N–H and O–H groups in total. The van der Waals surface area contributed by atoms with Crippen molar-refractivity contribution in [2.45, 2.75) is 30.5 Å². The van der Waals surface area contributed by atoms with E-state index in [1.165, 1.54) is 10.9 Å². The van der Waals surface area contributed by atoms with Crippen LogP contribution in [0.25, 0.3) is 16.7 Å². The molecule has 1 aliphatic carbocycles. The molecule has 3 aromatic rings. The molecule has 0 bridgehead atoms. The lowest BCUT2D eigenvalue weighted by Crippen LogP contribution is -2.47. The molecule has 0 saturated heterocycles. The van der Waals surface area contributed by atoms with Crippen molar-refractivity contribution in [3.8, 4) is 11.8 Å². The summed E-state index contributed by atoms with van der Waals surface area (Å²) in [5, 5.41) is 17.6. The monoisotopic (exact) mass is 428 g/mol. The summed E-state index contributed by atoms with van der Waals surface area (Å²) in [6, 6.07) is 9.25. The van der Waals surface area contributed by atoms with Gasteiger partial charge in [-0.15, -0.1) is 0 Å². The van der Waals surface area contributed by atoms with E-state index in [4.69, 9.17) is 11.6 Å². The quantitative estimate of drug-likeness (QED) is 0.460. The molecule has 2 heterocycles. The van der Waals surface area contributed by atoms with Gasteiger partial charge in [0.15, 0.2) is 10.8 Å². The third-order valence-corrected chi connectivity index (χ3v) is 5.94. The Morgan fingerprint density at radius 1 is 1.52 bits per heavy atom. The van der Waals surface area contributed by atoms with Crippen LogP contribution in [-0.2, 0) is 4.79 Å². The van der Waals surface area contributed by atoms with E-state index < -0.39 is 5.54 Å². The Balaban J connectivity index is 1.55. The second-order valence-corrected chi connectivity index (χ2v) is 8.47. The summed E-state index contributed by atoms with van der Waals surface area (Å²) in [7, 11) is 0. The highest BCUT2D eigenvalue weighted by Crippen LogP contribution is 2.39. The van der Waals surface area contributed by atoms with Gasteiger partial charge in [0, 0.05) is 5.02 Å². The zero-order chi connectivity index (χ0) is 20.6. The Hall–Kier alpha value is -2.83. The van der Waals surface area contributed by atoms with Gasteiger partial charge in [-0.2, -0.15) is 10.4 Å². The van der Waals surface area contributed by atoms with E-state index in [-0.39, 0.29) is 23.1 Å². The number of carbonyl (C=O) groups is 1. The molecule has 1 unspecified atom stereocenters. The van der Waals surface area contributed by atoms with Gasteiger partial charge in [-0.3, -0.25) is 9.59 Å². The topological polar surface area (TPSA) is 116 Å². The maximum atomic E-state index is 12.4. The minimum absolute atomic E-state index is 0.0315. The first-order valence-electron chi connectivity index (χ1n) is 8.99. The number of hydrogen-bond donors (Lipinski definition) is 2. The van der Waals surface area contributed by atoms with Gasteiger partial charge in [-0.25, -0.2) is 9.67 Å². The van der Waals surface area contributed by atoms with Crippen LogP contribution in [0.3, 0.4) is 0 Å². The number of aromatic nitrogens is 4. The van der Waals surface area contributed by atoms with Crippen LogP contribution >= 0.6 is 23.4 Å². The van der Waals surface area contributed by atoms with Gasteiger partial charge in [0.25, 0.3) is 5.56 Å². The number of nitriles is 1. The minimum Gasteiger partial charge on any atom is -0.337 e. The van der Waals surface area contributed by atoms with Gasteiger partial charge < -0.3 is 10.3 Å². The average Bonchev–Trinajstić information content (AvgIpc) is 3.47. The molecule has 8 nitrogen and oxygen atoms in total. The molecule has 148 valence electrons. The summed E-state index contributed by atoms with van der Waals surface area (Å²) >= 11 is 7.15. The third-order valence-electron chi connectivity index (χ3n) is 4.83. The van der Waals surface area contributed by atoms with Crippen molar-refractivity contribution in [2.75, 3.05) is 5.75 Å². The van der Waals surface area contributed by atoms with Gasteiger partial charge in [-0.05, 0) is 43.9 Å². The maximum Gasteiger partial charge on any atom is 0.262 e. The molecule has 1 fully saturated rings. The molecular formula is C19H17ClN6O2S. The maximum absolute atomic E-state index is 12.4. The number of amides is 1. The number of hydrogen-bond acceptors (Lipinski definition) is 6. The number of halogens is 1. The normalized spacial score (nSPS) is 15.6. The van der Waals surface area contributed by atoms with Crippen LogP contribution in [0.2, 0.25) is 5.02 Å². The summed E-state index contributed by atoms with van der Waals surface area (Å²) < 4.78 is 1.53. The zero-order valence-electron chi connectivity index (χ0n) is 15.5. The minimum atomic E-state index is -0.854. The lowest BCUT2D eigenvalue weighted by molar-refractivity contribution is -0.119. The van der Waals surface area contributed by atoms with Crippen molar-refractivity contribution in [2.24, 2.45) is 5.92 Å². The number of thioether (sulfide) groups is 1. The predicted octanol–water partition coefficient (Wildman–Crippen LogP) is 2.66. The van der Waals surface area contributed by atoms with Crippen LogP contribution < -0.4 is 10.9 Å². The predicted molar refractivity (Wildman–Crippen MR) is 110 cm³/mol. The van der Waals surface area contributed by atoms with Crippen molar-refractivity contribution in [3.63, 3.8) is 0 Å². The van der Waals surface area contributed by atoms with Crippen LogP contribution in [0, 0.1) is 17.2 Å². The van der Waals surface area contributed by atoms with Crippen molar-refractivity contribution >= 4 is 40.3 Å². The third kappa shape index (κ3) is 3.99. The molecule has 1 atom stereocenters. The first-order chi connectivity index (χ1) is 13.9. The standard InChI is InChI=1S/C19H17ClN6O2S/c1-19(10-21,11-5-6-11)25-15(27)9-29-18-23-16-14(17(28)24-18)8-22-26(16)13-4-2-3-12(20)7-13/h2-4,7-8,11H,5-6,9H2,1H3,(H,25,27)(H,23,24,28). The van der Waals surface area contributed by atoms with Crippen LogP contribution in [-0.4, -0.2) is 36.9 Å². The number of fused-ring (bicyclic) bond motifs is 1. The molecule has 29 heavy (non-hydrogen) atoms. The van der Waals surface area contributed by atoms with E-state index in [9.17, 15) is 14.9 Å². The molecular weight excluding hydrogens is 412 g/mol. The molecule has 0 radical (unpaired) electrons. The van der Waals surface area contributed by atoms with E-state index in [0.717, 1.165) is 24.6 Å². The van der Waals surface area contributed by atoms with Gasteiger partial charge >= 0.3 is 0 Å². The largest absolute Gasteiger partial charge is 0.337 e. The summed E-state index contributed by atoms with van der Waals surface area (Å²) in [6.07, 6.45) is 3.32. The second-order valence-electron chi connectivity index (χ2n) is 7.07. The molecule has 10 heteroatoms. The smallest absolute Gasteiger partial charge is 0.262 e. The summed E-state index contributed by atoms with van der Waals surface area (Å²) in [5.74, 6) is -0.0520. The highest BCUT2D eigenvalue weighted by Gasteiger charge is 2.42. The highest BCUT2D eigenvalue weighted by molar-refractivity contribution is 7.99. The zero-order valence-corrected chi connectivity index (χ0v) is 17.0. The van der Waals surface area contributed by atoms with Crippen LogP contribution in [0.1, 0.15) is 19.8 Å². The molecule has 2 aromatic heterocycles. The molecule has 1 aliphatic rings. The number of nitrogens with one attached hydrogen (secondary N) is 2. The average molecular weight is 429 g/mol. The van der Waals surface area contributed by atoms with Crippen LogP contribution in [0.4, 0.5) is 0 Å². The lowest BCUT2D eigenvalue weighted by Gasteiger charge is -2.22. The van der Waals surface area contributed by atoms with Gasteiger partial charge in [0.2, 0.25) is 5.91 Å². The fourth-order valence-electron chi connectivity index (χ4n) is 3.11. The molecule has 1 amide bonds. The SMILES string of the molecule is CC(C#N)(NC(=O)CSc1nc2c(cnn2-c2cccc(Cl)c2)c(=O)[nH]1)C1CC1. The van der Waals surface area contributed by atoms with E-state index in [1.54, 1.807) is 25.1 Å². The molecule has 0 aliphatic heterocycles. The number of aromatic amines is 1. The Bertz CT molecular complexity index is 1200. The molecule has 1 aromatic carbocycles. The lowest BCUT2D eigenvalue weighted by atomic mass is 9.98. The van der Waals surface area contributed by atoms with Gasteiger partial charge in [-0.1, -0.05) is 29.4 Å². The van der Waals surface area contributed by atoms with Gasteiger partial charge in [0.05, 0.1) is 23.7 Å². The number of benzene rings is 1. The Morgan fingerprint density at radius 2 is 2.31 bits per heavy atom. The first-order valence-corrected chi connectivity index (χ1v) is 10.3. The van der Waals surface area contributed by atoms with E-state index >= 15 is 0 Å². The van der Waals surface area contributed by atoms with E-state index in [0.29, 0.717) is 26.9 Å². The summed E-state index contributed by atoms with van der Waals surface area (Å²) in [4.78, 5) is 31.8. The van der Waals surface area contributed by atoms with Crippen LogP contribution in [0.5, 0.6) is 0 Å². The van der Waals surface area contributed by atoms with Gasteiger partial charge in [0.1, 0.15) is 10.9 Å². The first kappa shape index (κ1) is 19.5. The molecule has 1 saturated carbocycles. The van der Waals surface area contributed by atoms with Crippen molar-refractivity contribution in [3.05, 3.63) is 45.8 Å². The van der Waals surface area contributed by atoms with E-state index in [1.807, 2.05) is 6.07 Å². The Labute approximate surface area is 175 Å². The number of carbonyl (C=O) groups excluding carboxylic acids is 1. The van der Waals surface area contributed by atoms with Crippen LogP contribution in [0.15, 0.2) is 40.4 Å². The number of H-pyrrole nitrogens is 1. The highest BCUT2D eigenvalue weighted by atomic mass is 35.5. The van der Waals surface area contributed by atoms with E-state index in [2.05, 4.69) is 26.5 Å². The molecule has 0 spiro atoms. The second kappa shape index (κ2) is 7.54. The van der Waals surface area contributed by atoms with Crippen molar-refractivity contribution in [1.82, 2.24) is 25.1 Å². The number of rotatable bonds is 6. The molecule has 4 rings (SSSR count). The van der Waals surface area contributed by atoms with Crippen molar-refractivity contribution < 1.29 is 4.79 Å².